The van der Waals surface area contributed by atoms with Crippen LogP contribution in [0, 0.1) is 12.8 Å². The number of para-hydroxylation sites is 2. The van der Waals surface area contributed by atoms with Gasteiger partial charge in [0.05, 0.1) is 11.0 Å². The van der Waals surface area contributed by atoms with Crippen LogP contribution in [0.2, 0.25) is 0 Å². The standard InChI is InChI=1S/C25H25N5O/c1-5-17-9-8-10-18(13-17)30-23-21(25(31)29(14-15(2)3)16(4)26-23)22-24(30)28-20-12-7-6-11-19(20)27-22/h6-13,15H,5,14H2,1-4H3. The van der Waals surface area contributed by atoms with Crippen molar-refractivity contribution in [2.75, 3.05) is 0 Å². The lowest BCUT2D eigenvalue weighted by molar-refractivity contribution is 0.498. The molecular formula is C25H25N5O. The molecule has 156 valence electrons. The molecule has 3 heterocycles. The van der Waals surface area contributed by atoms with Gasteiger partial charge in [0.25, 0.3) is 5.56 Å². The third kappa shape index (κ3) is 3.10. The maximum atomic E-state index is 13.6. The highest BCUT2D eigenvalue weighted by atomic mass is 16.1. The molecule has 0 aliphatic carbocycles. The first-order valence-electron chi connectivity index (χ1n) is 10.8. The van der Waals surface area contributed by atoms with Gasteiger partial charge in [0.1, 0.15) is 16.7 Å². The molecule has 5 aromatic rings. The summed E-state index contributed by atoms with van der Waals surface area (Å²) in [7, 11) is 0. The average Bonchev–Trinajstić information content (AvgIpc) is 3.07. The molecule has 0 bridgehead atoms. The summed E-state index contributed by atoms with van der Waals surface area (Å²) in [5.74, 6) is 1.03. The zero-order valence-electron chi connectivity index (χ0n) is 18.3. The minimum atomic E-state index is -0.0591. The normalized spacial score (nSPS) is 11.9. The Morgan fingerprint density at radius 1 is 0.935 bits per heavy atom. The molecule has 0 N–H and O–H groups in total. The highest BCUT2D eigenvalue weighted by Crippen LogP contribution is 2.29. The van der Waals surface area contributed by atoms with Crippen LogP contribution in [-0.4, -0.2) is 24.1 Å². The number of benzene rings is 2. The van der Waals surface area contributed by atoms with E-state index in [2.05, 4.69) is 32.9 Å². The van der Waals surface area contributed by atoms with Crippen LogP contribution >= 0.6 is 0 Å². The highest BCUT2D eigenvalue weighted by Gasteiger charge is 2.22. The largest absolute Gasteiger partial charge is 0.296 e. The third-order valence-corrected chi connectivity index (χ3v) is 5.68. The van der Waals surface area contributed by atoms with Gasteiger partial charge in [-0.3, -0.25) is 13.9 Å². The van der Waals surface area contributed by atoms with Crippen LogP contribution < -0.4 is 5.56 Å². The van der Waals surface area contributed by atoms with Gasteiger partial charge in [-0.15, -0.1) is 0 Å². The molecule has 0 saturated carbocycles. The molecular weight excluding hydrogens is 386 g/mol. The topological polar surface area (TPSA) is 65.6 Å². The molecule has 0 atom stereocenters. The number of hydrogen-bond donors (Lipinski definition) is 0. The molecule has 3 aromatic heterocycles. The lowest BCUT2D eigenvalue weighted by atomic mass is 10.1. The SMILES string of the molecule is CCc1cccc(-n2c3nc4ccccc4nc3c3c(=O)n(CC(C)C)c(C)nc32)c1. The Morgan fingerprint density at radius 3 is 2.39 bits per heavy atom. The van der Waals surface area contributed by atoms with E-state index in [0.29, 0.717) is 40.5 Å². The van der Waals surface area contributed by atoms with Crippen molar-refractivity contribution in [2.45, 2.75) is 40.7 Å². The van der Waals surface area contributed by atoms with Gasteiger partial charge in [-0.1, -0.05) is 45.0 Å². The molecule has 0 saturated heterocycles. The predicted molar refractivity (Wildman–Crippen MR) is 125 cm³/mol. The van der Waals surface area contributed by atoms with Crippen molar-refractivity contribution in [3.8, 4) is 5.69 Å². The molecule has 0 amide bonds. The number of aromatic nitrogens is 5. The molecule has 0 aliphatic heterocycles. The second-order valence-electron chi connectivity index (χ2n) is 8.41. The smallest absolute Gasteiger partial charge is 0.265 e. The summed E-state index contributed by atoms with van der Waals surface area (Å²) in [4.78, 5) is 28.3. The van der Waals surface area contributed by atoms with Crippen molar-refractivity contribution in [3.05, 3.63) is 70.3 Å². The first-order chi connectivity index (χ1) is 15.0. The third-order valence-electron chi connectivity index (χ3n) is 5.68. The molecule has 0 aliphatic rings. The summed E-state index contributed by atoms with van der Waals surface area (Å²) >= 11 is 0. The first kappa shape index (κ1) is 19.4. The zero-order valence-corrected chi connectivity index (χ0v) is 18.3. The maximum Gasteiger partial charge on any atom is 0.265 e. The second-order valence-corrected chi connectivity index (χ2v) is 8.41. The molecule has 6 heteroatoms. The van der Waals surface area contributed by atoms with E-state index in [1.807, 2.05) is 47.9 Å². The predicted octanol–water partition coefficient (Wildman–Crippen LogP) is 4.81. The van der Waals surface area contributed by atoms with Crippen molar-refractivity contribution < 1.29 is 0 Å². The Bertz CT molecular complexity index is 1510. The Morgan fingerprint density at radius 2 is 1.68 bits per heavy atom. The maximum absolute atomic E-state index is 13.6. The fourth-order valence-corrected chi connectivity index (χ4v) is 4.17. The summed E-state index contributed by atoms with van der Waals surface area (Å²) in [5, 5.41) is 0.529. The Hall–Kier alpha value is -3.54. The van der Waals surface area contributed by atoms with Crippen LogP contribution in [0.15, 0.2) is 53.3 Å². The number of rotatable bonds is 4. The van der Waals surface area contributed by atoms with Crippen molar-refractivity contribution in [1.82, 2.24) is 24.1 Å². The van der Waals surface area contributed by atoms with Crippen LogP contribution in [0.3, 0.4) is 0 Å². The van der Waals surface area contributed by atoms with E-state index in [1.165, 1.54) is 5.56 Å². The number of nitrogens with zero attached hydrogens (tertiary/aromatic N) is 5. The molecule has 0 unspecified atom stereocenters. The van der Waals surface area contributed by atoms with Crippen LogP contribution in [0.5, 0.6) is 0 Å². The summed E-state index contributed by atoms with van der Waals surface area (Å²) in [6.07, 6.45) is 0.924. The molecule has 31 heavy (non-hydrogen) atoms. The Balaban J connectivity index is 1.98. The Kier molecular flexibility index (Phi) is 4.58. The van der Waals surface area contributed by atoms with Crippen molar-refractivity contribution in [1.29, 1.82) is 0 Å². The van der Waals surface area contributed by atoms with Gasteiger partial charge in [0.15, 0.2) is 11.3 Å². The van der Waals surface area contributed by atoms with Gasteiger partial charge in [-0.05, 0) is 49.1 Å². The van der Waals surface area contributed by atoms with E-state index in [1.54, 1.807) is 4.57 Å². The lowest BCUT2D eigenvalue weighted by Gasteiger charge is -2.13. The van der Waals surface area contributed by atoms with Crippen LogP contribution in [0.1, 0.15) is 32.2 Å². The van der Waals surface area contributed by atoms with Crippen LogP contribution in [0.25, 0.3) is 38.9 Å². The van der Waals surface area contributed by atoms with Crippen molar-refractivity contribution in [2.24, 2.45) is 5.92 Å². The van der Waals surface area contributed by atoms with Crippen molar-refractivity contribution >= 4 is 33.2 Å². The number of fused-ring (bicyclic) bond motifs is 4. The fraction of sp³-hybridized carbons (Fsp3) is 0.280. The number of hydrogen-bond acceptors (Lipinski definition) is 4. The molecule has 5 rings (SSSR count). The van der Waals surface area contributed by atoms with Gasteiger partial charge in [-0.25, -0.2) is 15.0 Å². The van der Waals surface area contributed by atoms with E-state index in [-0.39, 0.29) is 5.56 Å². The van der Waals surface area contributed by atoms with Crippen LogP contribution in [0.4, 0.5) is 0 Å². The average molecular weight is 412 g/mol. The van der Waals surface area contributed by atoms with E-state index in [4.69, 9.17) is 15.0 Å². The molecule has 0 fully saturated rings. The molecule has 6 nitrogen and oxygen atoms in total. The summed E-state index contributed by atoms with van der Waals surface area (Å²) in [6.45, 7) is 8.84. The molecule has 2 aromatic carbocycles. The minimum absolute atomic E-state index is 0.0591. The quantitative estimate of drug-likeness (QED) is 0.426. The summed E-state index contributed by atoms with van der Waals surface area (Å²) in [5.41, 5.74) is 5.54. The highest BCUT2D eigenvalue weighted by molar-refractivity contribution is 6.05. The van der Waals surface area contributed by atoms with Gasteiger partial charge in [0.2, 0.25) is 0 Å². The second kappa shape index (κ2) is 7.30. The van der Waals surface area contributed by atoms with Crippen molar-refractivity contribution in [3.63, 3.8) is 0 Å². The fourth-order valence-electron chi connectivity index (χ4n) is 4.17. The molecule has 0 spiro atoms. The van der Waals surface area contributed by atoms with E-state index in [9.17, 15) is 4.79 Å². The van der Waals surface area contributed by atoms with E-state index >= 15 is 0 Å². The van der Waals surface area contributed by atoms with Gasteiger partial charge in [0, 0.05) is 12.2 Å². The molecule has 0 radical (unpaired) electrons. The lowest BCUT2D eigenvalue weighted by Crippen LogP contribution is -2.26. The first-order valence-corrected chi connectivity index (χ1v) is 10.8. The monoisotopic (exact) mass is 411 g/mol. The summed E-state index contributed by atoms with van der Waals surface area (Å²) < 4.78 is 3.74. The van der Waals surface area contributed by atoms with E-state index in [0.717, 1.165) is 23.1 Å². The zero-order chi connectivity index (χ0) is 21.7. The Labute approximate surface area is 180 Å². The minimum Gasteiger partial charge on any atom is -0.296 e. The van der Waals surface area contributed by atoms with Crippen LogP contribution in [-0.2, 0) is 13.0 Å². The van der Waals surface area contributed by atoms with Gasteiger partial charge in [-0.2, -0.15) is 0 Å². The van der Waals surface area contributed by atoms with E-state index < -0.39 is 0 Å². The van der Waals surface area contributed by atoms with Gasteiger partial charge >= 0.3 is 0 Å². The van der Waals surface area contributed by atoms with Gasteiger partial charge < -0.3 is 0 Å². The summed E-state index contributed by atoms with van der Waals surface area (Å²) in [6, 6.07) is 16.1. The number of aryl methyl sites for hydroxylation is 2.